The first-order valence-corrected chi connectivity index (χ1v) is 7.11. The largest absolute Gasteiger partial charge is 0.492 e. The molecule has 0 atom stereocenters. The van der Waals surface area contributed by atoms with Crippen LogP contribution in [0.25, 0.3) is 0 Å². The minimum atomic E-state index is -0.878. The van der Waals surface area contributed by atoms with Crippen LogP contribution in [0.4, 0.5) is 0 Å². The molecule has 4 heteroatoms. The van der Waals surface area contributed by atoms with Gasteiger partial charge in [-0.05, 0) is 31.0 Å². The Morgan fingerprint density at radius 2 is 1.90 bits per heavy atom. The normalized spacial score (nSPS) is 10.9. The summed E-state index contributed by atoms with van der Waals surface area (Å²) in [6, 6.07) is 9.55. The van der Waals surface area contributed by atoms with Gasteiger partial charge in [-0.15, -0.1) is 0 Å². The molecule has 0 bridgehead atoms. The molecule has 0 aliphatic heterocycles. The van der Waals surface area contributed by atoms with Gasteiger partial charge in [0.15, 0.2) is 0 Å². The molecular formula is C17H21NO3. The zero-order valence-electron chi connectivity index (χ0n) is 12.7. The average Bonchev–Trinajstić information content (AvgIpc) is 2.85. The topological polar surface area (TPSA) is 51.5 Å². The number of hydrogen-bond acceptors (Lipinski definition) is 2. The Morgan fingerprint density at radius 1 is 1.24 bits per heavy atom. The molecule has 0 saturated heterocycles. The molecule has 112 valence electrons. The third-order valence-corrected chi connectivity index (χ3v) is 3.41. The number of hydrogen-bond donors (Lipinski definition) is 1. The smallest absolute Gasteiger partial charge is 0.337 e. The monoisotopic (exact) mass is 287 g/mol. The first-order valence-electron chi connectivity index (χ1n) is 7.11. The van der Waals surface area contributed by atoms with Gasteiger partial charge in [-0.3, -0.25) is 0 Å². The van der Waals surface area contributed by atoms with Crippen LogP contribution in [0.1, 0.15) is 41.4 Å². The summed E-state index contributed by atoms with van der Waals surface area (Å²) in [5.41, 5.74) is 2.41. The lowest BCUT2D eigenvalue weighted by atomic mass is 10.1. The molecule has 1 aromatic heterocycles. The summed E-state index contributed by atoms with van der Waals surface area (Å²) in [6.07, 6.45) is 1.82. The van der Waals surface area contributed by atoms with Crippen molar-refractivity contribution >= 4 is 5.97 Å². The van der Waals surface area contributed by atoms with Crippen molar-refractivity contribution in [2.75, 3.05) is 6.61 Å². The summed E-state index contributed by atoms with van der Waals surface area (Å²) in [4.78, 5) is 11.2. The second-order valence-electron chi connectivity index (χ2n) is 5.43. The van der Waals surface area contributed by atoms with Gasteiger partial charge in [0.2, 0.25) is 0 Å². The van der Waals surface area contributed by atoms with Gasteiger partial charge in [0.1, 0.15) is 12.4 Å². The van der Waals surface area contributed by atoms with Crippen LogP contribution in [0.15, 0.2) is 36.5 Å². The highest BCUT2D eigenvalue weighted by molar-refractivity contribution is 5.89. The third-order valence-electron chi connectivity index (χ3n) is 3.41. The Kier molecular flexibility index (Phi) is 4.68. The second kappa shape index (κ2) is 6.48. The molecule has 0 aliphatic carbocycles. The van der Waals surface area contributed by atoms with Crippen LogP contribution >= 0.6 is 0 Å². The Hall–Kier alpha value is -2.23. The molecule has 1 N–H and O–H groups in total. The van der Waals surface area contributed by atoms with Crippen LogP contribution in [0.3, 0.4) is 0 Å². The molecular weight excluding hydrogens is 266 g/mol. The number of carbonyl (C=O) groups is 1. The minimum absolute atomic E-state index is 0.158. The molecule has 0 saturated carbocycles. The first kappa shape index (κ1) is 15.2. The fourth-order valence-electron chi connectivity index (χ4n) is 2.40. The number of aryl methyl sites for hydroxylation is 1. The lowest BCUT2D eigenvalue weighted by Gasteiger charge is -2.14. The maximum atomic E-state index is 11.2. The second-order valence-corrected chi connectivity index (χ2v) is 5.43. The van der Waals surface area contributed by atoms with Gasteiger partial charge in [0, 0.05) is 11.9 Å². The summed E-state index contributed by atoms with van der Waals surface area (Å²) >= 11 is 0. The van der Waals surface area contributed by atoms with Gasteiger partial charge in [-0.2, -0.15) is 0 Å². The first-order chi connectivity index (χ1) is 9.99. The van der Waals surface area contributed by atoms with Crippen molar-refractivity contribution in [1.82, 2.24) is 4.57 Å². The molecule has 2 aromatic rings. The number of rotatable bonds is 6. The lowest BCUT2D eigenvalue weighted by Crippen LogP contribution is -2.13. The van der Waals surface area contributed by atoms with Crippen molar-refractivity contribution in [2.24, 2.45) is 0 Å². The van der Waals surface area contributed by atoms with E-state index in [1.807, 2.05) is 55.8 Å². The number of aromatic carboxylic acids is 1. The van der Waals surface area contributed by atoms with Crippen LogP contribution < -0.4 is 4.74 Å². The van der Waals surface area contributed by atoms with Crippen LogP contribution in [0, 0.1) is 6.92 Å². The summed E-state index contributed by atoms with van der Waals surface area (Å²) in [5, 5.41) is 9.21. The van der Waals surface area contributed by atoms with Gasteiger partial charge in [-0.1, -0.05) is 31.5 Å². The zero-order valence-corrected chi connectivity index (χ0v) is 12.7. The molecule has 21 heavy (non-hydrogen) atoms. The lowest BCUT2D eigenvalue weighted by molar-refractivity contribution is 0.0695. The highest BCUT2D eigenvalue weighted by Gasteiger charge is 2.17. The van der Waals surface area contributed by atoms with Gasteiger partial charge < -0.3 is 14.4 Å². The summed E-state index contributed by atoms with van der Waals surface area (Å²) in [5.74, 6) is 0.111. The number of aromatic nitrogens is 1. The van der Waals surface area contributed by atoms with Crippen LogP contribution in [0.2, 0.25) is 0 Å². The minimum Gasteiger partial charge on any atom is -0.492 e. The van der Waals surface area contributed by atoms with E-state index in [2.05, 4.69) is 0 Å². The van der Waals surface area contributed by atoms with E-state index in [-0.39, 0.29) is 5.92 Å². The maximum absolute atomic E-state index is 11.2. The van der Waals surface area contributed by atoms with E-state index >= 15 is 0 Å². The molecule has 4 nitrogen and oxygen atoms in total. The van der Waals surface area contributed by atoms with Crippen molar-refractivity contribution in [3.05, 3.63) is 53.3 Å². The summed E-state index contributed by atoms with van der Waals surface area (Å²) in [6.45, 7) is 7.18. The standard InChI is InChI=1S/C17H21NO3/c1-12(2)16-15(17(19)20)8-9-18(16)10-11-21-14-6-4-13(3)5-7-14/h4-9,12H,10-11H2,1-3H3,(H,19,20). The van der Waals surface area contributed by atoms with Crippen molar-refractivity contribution < 1.29 is 14.6 Å². The highest BCUT2D eigenvalue weighted by atomic mass is 16.5. The van der Waals surface area contributed by atoms with Crippen LogP contribution in [-0.4, -0.2) is 22.2 Å². The highest BCUT2D eigenvalue weighted by Crippen LogP contribution is 2.21. The van der Waals surface area contributed by atoms with E-state index in [0.717, 1.165) is 11.4 Å². The fraction of sp³-hybridized carbons (Fsp3) is 0.353. The van der Waals surface area contributed by atoms with Gasteiger partial charge in [0.05, 0.1) is 12.1 Å². The molecule has 0 amide bonds. The summed E-state index contributed by atoms with van der Waals surface area (Å²) in [7, 11) is 0. The SMILES string of the molecule is Cc1ccc(OCCn2ccc(C(=O)O)c2C(C)C)cc1. The van der Waals surface area contributed by atoms with Crippen LogP contribution in [-0.2, 0) is 6.54 Å². The number of benzene rings is 1. The van der Waals surface area contributed by atoms with E-state index in [1.54, 1.807) is 6.07 Å². The van der Waals surface area contributed by atoms with Crippen molar-refractivity contribution in [2.45, 2.75) is 33.2 Å². The van der Waals surface area contributed by atoms with Crippen molar-refractivity contribution in [1.29, 1.82) is 0 Å². The maximum Gasteiger partial charge on any atom is 0.337 e. The zero-order chi connectivity index (χ0) is 15.4. The predicted molar refractivity (Wildman–Crippen MR) is 82.2 cm³/mol. The number of nitrogens with zero attached hydrogens (tertiary/aromatic N) is 1. The van der Waals surface area contributed by atoms with Crippen molar-refractivity contribution in [3.63, 3.8) is 0 Å². The fourth-order valence-corrected chi connectivity index (χ4v) is 2.40. The number of ether oxygens (including phenoxy) is 1. The van der Waals surface area contributed by atoms with Crippen molar-refractivity contribution in [3.8, 4) is 5.75 Å². The van der Waals surface area contributed by atoms with Crippen LogP contribution in [0.5, 0.6) is 5.75 Å². The van der Waals surface area contributed by atoms with E-state index in [4.69, 9.17) is 4.74 Å². The van der Waals surface area contributed by atoms with E-state index in [0.29, 0.717) is 18.7 Å². The molecule has 0 unspecified atom stereocenters. The van der Waals surface area contributed by atoms with E-state index in [1.165, 1.54) is 5.56 Å². The molecule has 0 radical (unpaired) electrons. The molecule has 0 spiro atoms. The third kappa shape index (κ3) is 3.66. The Morgan fingerprint density at radius 3 is 2.48 bits per heavy atom. The van der Waals surface area contributed by atoms with Gasteiger partial charge >= 0.3 is 5.97 Å². The van der Waals surface area contributed by atoms with E-state index in [9.17, 15) is 9.90 Å². The summed E-state index contributed by atoms with van der Waals surface area (Å²) < 4.78 is 7.66. The average molecular weight is 287 g/mol. The van der Waals surface area contributed by atoms with E-state index < -0.39 is 5.97 Å². The molecule has 0 fully saturated rings. The molecule has 1 heterocycles. The number of carboxylic acids is 1. The Bertz CT molecular complexity index is 611. The number of carboxylic acid groups (broad SMARTS) is 1. The van der Waals surface area contributed by atoms with Gasteiger partial charge in [0.25, 0.3) is 0 Å². The molecule has 0 aliphatic rings. The predicted octanol–water partition coefficient (Wildman–Crippen LogP) is 3.70. The quantitative estimate of drug-likeness (QED) is 0.881. The molecule has 2 rings (SSSR count). The Labute approximate surface area is 125 Å². The Balaban J connectivity index is 2.03. The molecule has 1 aromatic carbocycles. The van der Waals surface area contributed by atoms with Gasteiger partial charge in [-0.25, -0.2) is 4.79 Å².